The molecular weight excluding hydrogens is 371 g/mol. The number of rotatable bonds is 1. The number of hydrogen-bond donors (Lipinski definition) is 0. The van der Waals surface area contributed by atoms with Gasteiger partial charge in [0.2, 0.25) is 11.8 Å². The Morgan fingerprint density at radius 1 is 0.857 bits per heavy atom. The zero-order chi connectivity index (χ0) is 19.8. The zero-order valence-electron chi connectivity index (χ0n) is 14.4. The Morgan fingerprint density at radius 3 is 2.25 bits per heavy atom. The van der Waals surface area contributed by atoms with Gasteiger partial charge in [-0.15, -0.1) is 0 Å². The van der Waals surface area contributed by atoms with E-state index in [2.05, 4.69) is 0 Å². The normalized spacial score (nSPS) is 28.5. The lowest BCUT2D eigenvalue weighted by atomic mass is 9.56. The molecule has 2 bridgehead atoms. The Labute approximate surface area is 157 Å². The van der Waals surface area contributed by atoms with Crippen molar-refractivity contribution in [2.45, 2.75) is 24.4 Å². The van der Waals surface area contributed by atoms with Crippen LogP contribution in [0.3, 0.4) is 0 Å². The van der Waals surface area contributed by atoms with Gasteiger partial charge < -0.3 is 0 Å². The average Bonchev–Trinajstić information content (AvgIpc) is 2.93. The number of fused-ring (bicyclic) bond motifs is 1. The fourth-order valence-electron chi connectivity index (χ4n) is 5.04. The Morgan fingerprint density at radius 2 is 1.54 bits per heavy atom. The van der Waals surface area contributed by atoms with Crippen molar-refractivity contribution in [2.24, 2.45) is 11.8 Å². The molecule has 2 aromatic carbocycles. The Bertz CT molecular complexity index is 1050. The number of halogens is 3. The minimum atomic E-state index is -4.58. The van der Waals surface area contributed by atoms with E-state index in [-0.39, 0.29) is 17.9 Å². The van der Waals surface area contributed by atoms with E-state index >= 15 is 0 Å². The summed E-state index contributed by atoms with van der Waals surface area (Å²) in [4.78, 5) is 39.7. The fraction of sp³-hybridized carbons (Fsp3) is 0.286. The number of anilines is 1. The minimum absolute atomic E-state index is 0.0861. The summed E-state index contributed by atoms with van der Waals surface area (Å²) in [5, 5.41) is 0. The molecule has 1 aliphatic heterocycles. The van der Waals surface area contributed by atoms with Crippen LogP contribution in [0, 0.1) is 11.8 Å². The smallest absolute Gasteiger partial charge is 0.299 e. The number of hydrogen-bond acceptors (Lipinski definition) is 3. The van der Waals surface area contributed by atoms with Gasteiger partial charge in [-0.25, -0.2) is 4.90 Å². The van der Waals surface area contributed by atoms with E-state index < -0.39 is 47.2 Å². The van der Waals surface area contributed by atoms with Gasteiger partial charge in [-0.2, -0.15) is 13.2 Å². The number of carbonyl (C=O) groups excluding carboxylic acids is 3. The monoisotopic (exact) mass is 385 g/mol. The summed E-state index contributed by atoms with van der Waals surface area (Å²) in [7, 11) is 0. The topological polar surface area (TPSA) is 54.5 Å². The van der Waals surface area contributed by atoms with E-state index in [1.165, 1.54) is 12.1 Å². The molecule has 142 valence electrons. The number of carbonyl (C=O) groups is 3. The van der Waals surface area contributed by atoms with Crippen LogP contribution < -0.4 is 4.90 Å². The average molecular weight is 385 g/mol. The number of Topliss-reactive ketones (excluding diaryl/α,β-unsaturated/α-hetero) is 1. The van der Waals surface area contributed by atoms with E-state index in [0.29, 0.717) is 0 Å². The summed E-state index contributed by atoms with van der Waals surface area (Å²) in [6, 6.07) is 11.5. The molecule has 2 amide bonds. The van der Waals surface area contributed by atoms with Crippen molar-refractivity contribution in [3.8, 4) is 0 Å². The van der Waals surface area contributed by atoms with Crippen LogP contribution in [-0.2, 0) is 20.6 Å². The van der Waals surface area contributed by atoms with Gasteiger partial charge in [-0.05, 0) is 29.3 Å². The summed E-state index contributed by atoms with van der Waals surface area (Å²) in [5.41, 5.74) is 0.621. The standard InChI is InChI=1S/C21H14F3NO3/c22-21(23,24)10-4-3-5-11(8-10)25-19(27)17-14-9-15(26)16(18(17)20(25)28)13-7-2-1-6-12(13)14/h1-8,14,16-18H,9H2/t14-,16+,17+,18+/m1/s1. The molecular formula is C21H14F3NO3. The van der Waals surface area contributed by atoms with Crippen molar-refractivity contribution in [1.82, 2.24) is 0 Å². The molecule has 28 heavy (non-hydrogen) atoms. The van der Waals surface area contributed by atoms with E-state index in [1.54, 1.807) is 12.1 Å². The third-order valence-electron chi connectivity index (χ3n) is 6.12. The number of imide groups is 1. The van der Waals surface area contributed by atoms with E-state index in [1.807, 2.05) is 12.1 Å². The van der Waals surface area contributed by atoms with E-state index in [4.69, 9.17) is 0 Å². The fourth-order valence-corrected chi connectivity index (χ4v) is 5.04. The molecule has 2 fully saturated rings. The van der Waals surface area contributed by atoms with Crippen molar-refractivity contribution in [1.29, 1.82) is 0 Å². The Hall–Kier alpha value is -2.96. The zero-order valence-corrected chi connectivity index (χ0v) is 14.4. The number of benzene rings is 2. The van der Waals surface area contributed by atoms with Gasteiger partial charge in [0.1, 0.15) is 5.78 Å². The molecule has 0 aromatic heterocycles. The van der Waals surface area contributed by atoms with Crippen LogP contribution in [0.25, 0.3) is 0 Å². The van der Waals surface area contributed by atoms with Gasteiger partial charge in [0.25, 0.3) is 0 Å². The number of ketones is 1. The largest absolute Gasteiger partial charge is 0.416 e. The number of amides is 2. The molecule has 1 saturated heterocycles. The first-order valence-corrected chi connectivity index (χ1v) is 8.95. The second kappa shape index (κ2) is 5.53. The Kier molecular flexibility index (Phi) is 3.39. The second-order valence-electron chi connectivity index (χ2n) is 7.50. The molecule has 4 aliphatic rings. The third-order valence-corrected chi connectivity index (χ3v) is 6.12. The van der Waals surface area contributed by atoms with Gasteiger partial charge in [0.15, 0.2) is 0 Å². The van der Waals surface area contributed by atoms with Crippen molar-refractivity contribution >= 4 is 23.3 Å². The van der Waals surface area contributed by atoms with Gasteiger partial charge in [-0.3, -0.25) is 14.4 Å². The molecule has 4 atom stereocenters. The van der Waals surface area contributed by atoms with Crippen LogP contribution in [0.4, 0.5) is 18.9 Å². The molecule has 0 radical (unpaired) electrons. The van der Waals surface area contributed by atoms with Crippen molar-refractivity contribution in [3.63, 3.8) is 0 Å². The van der Waals surface area contributed by atoms with Crippen LogP contribution in [0.5, 0.6) is 0 Å². The predicted molar refractivity (Wildman–Crippen MR) is 92.5 cm³/mol. The van der Waals surface area contributed by atoms with Gasteiger partial charge in [0.05, 0.1) is 29.0 Å². The summed E-state index contributed by atoms with van der Waals surface area (Å²) in [6.45, 7) is 0. The maximum atomic E-state index is 13.1. The highest BCUT2D eigenvalue weighted by molar-refractivity contribution is 6.24. The number of alkyl halides is 3. The Balaban J connectivity index is 1.62. The molecule has 1 saturated carbocycles. The molecule has 7 heteroatoms. The summed E-state index contributed by atoms with van der Waals surface area (Å²) in [5.74, 6) is -3.87. The lowest BCUT2D eigenvalue weighted by Gasteiger charge is -2.43. The molecule has 0 spiro atoms. The maximum Gasteiger partial charge on any atom is 0.416 e. The van der Waals surface area contributed by atoms with Gasteiger partial charge >= 0.3 is 6.18 Å². The second-order valence-corrected chi connectivity index (χ2v) is 7.50. The SMILES string of the molecule is O=C1C[C@@H]2c3ccccc3[C@@H]1[C@@H]1C(=O)N(c3cccc(C(F)(F)F)c3)C(=O)[C@H]12. The molecule has 0 unspecified atom stereocenters. The van der Waals surface area contributed by atoms with Crippen LogP contribution in [0.15, 0.2) is 48.5 Å². The lowest BCUT2D eigenvalue weighted by molar-refractivity contribution is -0.137. The van der Waals surface area contributed by atoms with Crippen LogP contribution >= 0.6 is 0 Å². The molecule has 6 rings (SSSR count). The van der Waals surface area contributed by atoms with Crippen molar-refractivity contribution < 1.29 is 27.6 Å². The summed E-state index contributed by atoms with van der Waals surface area (Å²) >= 11 is 0. The highest BCUT2D eigenvalue weighted by Crippen LogP contribution is 2.57. The quantitative estimate of drug-likeness (QED) is 0.704. The van der Waals surface area contributed by atoms with Crippen molar-refractivity contribution in [2.75, 3.05) is 4.90 Å². The summed E-state index contributed by atoms with van der Waals surface area (Å²) in [6.07, 6.45) is -4.40. The molecule has 2 aromatic rings. The number of nitrogens with zero attached hydrogens (tertiary/aromatic N) is 1. The maximum absolute atomic E-state index is 13.1. The van der Waals surface area contributed by atoms with Gasteiger partial charge in [-0.1, -0.05) is 30.3 Å². The van der Waals surface area contributed by atoms with Gasteiger partial charge in [0, 0.05) is 12.3 Å². The minimum Gasteiger partial charge on any atom is -0.299 e. The molecule has 0 N–H and O–H groups in total. The lowest BCUT2D eigenvalue weighted by Crippen LogP contribution is -2.44. The van der Waals surface area contributed by atoms with Crippen LogP contribution in [-0.4, -0.2) is 17.6 Å². The predicted octanol–water partition coefficient (Wildman–Crippen LogP) is 3.66. The molecule has 4 nitrogen and oxygen atoms in total. The van der Waals surface area contributed by atoms with E-state index in [0.717, 1.165) is 28.2 Å². The van der Waals surface area contributed by atoms with Crippen LogP contribution in [0.1, 0.15) is 34.9 Å². The third kappa shape index (κ3) is 2.16. The van der Waals surface area contributed by atoms with Crippen LogP contribution in [0.2, 0.25) is 0 Å². The first kappa shape index (κ1) is 17.2. The first-order valence-electron chi connectivity index (χ1n) is 8.95. The highest BCUT2D eigenvalue weighted by atomic mass is 19.4. The highest BCUT2D eigenvalue weighted by Gasteiger charge is 2.62. The van der Waals surface area contributed by atoms with E-state index in [9.17, 15) is 27.6 Å². The summed E-state index contributed by atoms with van der Waals surface area (Å²) < 4.78 is 39.2. The molecule has 3 aliphatic carbocycles. The molecule has 1 heterocycles. The van der Waals surface area contributed by atoms with Crippen molar-refractivity contribution in [3.05, 3.63) is 65.2 Å². The first-order chi connectivity index (χ1) is 13.3.